The van der Waals surface area contributed by atoms with Crippen LogP contribution in [0, 0.1) is 0 Å². The molecule has 3 aliphatic rings. The van der Waals surface area contributed by atoms with Gasteiger partial charge in [0, 0.05) is 17.9 Å². The third kappa shape index (κ3) is 2.84. The van der Waals surface area contributed by atoms with Crippen LogP contribution in [0.1, 0.15) is 26.9 Å². The second-order valence-electron chi connectivity index (χ2n) is 7.08. The van der Waals surface area contributed by atoms with Crippen LogP contribution in [0.15, 0.2) is 30.3 Å². The highest BCUT2D eigenvalue weighted by Gasteiger charge is 2.50. The number of methoxy groups -OCH3 is 2. The molecule has 9 heteroatoms. The lowest BCUT2D eigenvalue weighted by Gasteiger charge is -2.22. The number of carbonyl (C=O) groups excluding carboxylic acids is 2. The second kappa shape index (κ2) is 7.32. The Morgan fingerprint density at radius 2 is 2.03 bits per heavy atom. The minimum Gasteiger partial charge on any atom is -0.493 e. The van der Waals surface area contributed by atoms with Gasteiger partial charge in [-0.3, -0.25) is 9.59 Å². The van der Waals surface area contributed by atoms with E-state index in [4.69, 9.17) is 18.9 Å². The maximum absolute atomic E-state index is 13.2. The Labute approximate surface area is 177 Å². The topological polar surface area (TPSA) is 86.3 Å². The summed E-state index contributed by atoms with van der Waals surface area (Å²) in [6.45, 7) is 0.547. The van der Waals surface area contributed by atoms with E-state index in [1.54, 1.807) is 22.7 Å². The summed E-state index contributed by atoms with van der Waals surface area (Å²) in [5.41, 5.74) is 2.23. The van der Waals surface area contributed by atoms with Crippen molar-refractivity contribution in [2.24, 2.45) is 0 Å². The molecule has 2 amide bonds. The molecule has 30 heavy (non-hydrogen) atoms. The highest BCUT2D eigenvalue weighted by atomic mass is 32.2. The first-order valence-corrected chi connectivity index (χ1v) is 10.5. The number of hydrogen-bond donors (Lipinski definition) is 1. The van der Waals surface area contributed by atoms with Crippen LogP contribution in [-0.4, -0.2) is 49.5 Å². The van der Waals surface area contributed by atoms with Gasteiger partial charge in [-0.05, 0) is 23.8 Å². The lowest BCUT2D eigenvalue weighted by Crippen LogP contribution is -2.45. The largest absolute Gasteiger partial charge is 0.493 e. The molecule has 0 bridgehead atoms. The zero-order valence-electron chi connectivity index (χ0n) is 16.5. The number of nitrogens with one attached hydrogen (secondary N) is 1. The van der Waals surface area contributed by atoms with Crippen LogP contribution in [0.4, 0.5) is 0 Å². The van der Waals surface area contributed by atoms with E-state index in [2.05, 4.69) is 5.32 Å². The standard InChI is InChI=1S/C21H20N2O6S/c1-26-15-6-4-12-17(18(15)27-2)20(25)23-13(9-30-21(12)23)19(24)22-8-11-3-5-14-16(7-11)29-10-28-14/h3-7,13,21H,8-10H2,1-2H3,(H,22,24)/t13-,21?/m0/s1. The molecule has 0 radical (unpaired) electrons. The number of hydrogen-bond acceptors (Lipinski definition) is 7. The molecule has 2 aromatic carbocycles. The molecule has 1 fully saturated rings. The number of benzene rings is 2. The molecule has 0 aromatic heterocycles. The molecule has 8 nitrogen and oxygen atoms in total. The van der Waals surface area contributed by atoms with Gasteiger partial charge in [0.05, 0.1) is 19.8 Å². The van der Waals surface area contributed by atoms with Gasteiger partial charge in [0.25, 0.3) is 5.91 Å². The van der Waals surface area contributed by atoms with Crippen LogP contribution in [0.5, 0.6) is 23.0 Å². The van der Waals surface area contributed by atoms with Crippen molar-refractivity contribution in [1.82, 2.24) is 10.2 Å². The molecular weight excluding hydrogens is 408 g/mol. The Morgan fingerprint density at radius 3 is 2.83 bits per heavy atom. The first kappa shape index (κ1) is 18.9. The summed E-state index contributed by atoms with van der Waals surface area (Å²) in [7, 11) is 3.05. The summed E-state index contributed by atoms with van der Waals surface area (Å²) in [5, 5.41) is 2.74. The van der Waals surface area contributed by atoms with E-state index in [0.717, 1.165) is 11.1 Å². The summed E-state index contributed by atoms with van der Waals surface area (Å²) in [4.78, 5) is 27.8. The predicted molar refractivity (Wildman–Crippen MR) is 109 cm³/mol. The van der Waals surface area contributed by atoms with Crippen LogP contribution in [0.2, 0.25) is 0 Å². The zero-order valence-corrected chi connectivity index (χ0v) is 17.3. The summed E-state index contributed by atoms with van der Waals surface area (Å²) in [6, 6.07) is 8.67. The van der Waals surface area contributed by atoms with Gasteiger partial charge in [0.1, 0.15) is 11.4 Å². The summed E-state index contributed by atoms with van der Waals surface area (Å²) in [5.74, 6) is 2.43. The maximum atomic E-state index is 13.2. The molecule has 0 spiro atoms. The van der Waals surface area contributed by atoms with E-state index in [9.17, 15) is 9.59 Å². The van der Waals surface area contributed by atoms with E-state index in [1.165, 1.54) is 14.2 Å². The number of thioether (sulfide) groups is 1. The van der Waals surface area contributed by atoms with Crippen molar-refractivity contribution in [2.45, 2.75) is 18.0 Å². The first-order valence-electron chi connectivity index (χ1n) is 9.47. The van der Waals surface area contributed by atoms with E-state index < -0.39 is 6.04 Å². The Hall–Kier alpha value is -3.07. The van der Waals surface area contributed by atoms with Crippen molar-refractivity contribution in [3.05, 3.63) is 47.0 Å². The summed E-state index contributed by atoms with van der Waals surface area (Å²) < 4.78 is 21.5. The number of nitrogens with zero attached hydrogens (tertiary/aromatic N) is 1. The molecule has 0 saturated carbocycles. The molecule has 156 valence electrons. The molecule has 1 N–H and O–H groups in total. The van der Waals surface area contributed by atoms with Crippen molar-refractivity contribution in [3.63, 3.8) is 0 Å². The fourth-order valence-corrected chi connectivity index (χ4v) is 5.51. The minimum atomic E-state index is -0.551. The van der Waals surface area contributed by atoms with E-state index in [1.807, 2.05) is 24.3 Å². The predicted octanol–water partition coefficient (Wildman–Crippen LogP) is 2.32. The molecule has 5 rings (SSSR count). The quantitative estimate of drug-likeness (QED) is 0.782. The smallest absolute Gasteiger partial charge is 0.260 e. The van der Waals surface area contributed by atoms with Crippen molar-refractivity contribution in [2.75, 3.05) is 26.8 Å². The van der Waals surface area contributed by atoms with Crippen molar-refractivity contribution >= 4 is 23.6 Å². The molecular formula is C21H20N2O6S. The van der Waals surface area contributed by atoms with Gasteiger partial charge in [-0.1, -0.05) is 12.1 Å². The SMILES string of the molecule is COc1ccc2c(c1OC)C(=O)N1C2SC[C@H]1C(=O)NCc1ccc2c(c1)OCO2. The van der Waals surface area contributed by atoms with E-state index >= 15 is 0 Å². The average Bonchev–Trinajstić information content (AvgIpc) is 3.47. The summed E-state index contributed by atoms with van der Waals surface area (Å²) in [6.07, 6.45) is 0. The van der Waals surface area contributed by atoms with E-state index in [0.29, 0.717) is 40.9 Å². The molecule has 0 aliphatic carbocycles. The highest BCUT2D eigenvalue weighted by molar-refractivity contribution is 7.99. The van der Waals surface area contributed by atoms with Gasteiger partial charge in [-0.15, -0.1) is 11.8 Å². The zero-order chi connectivity index (χ0) is 20.8. The Balaban J connectivity index is 1.33. The average molecular weight is 428 g/mol. The third-order valence-corrected chi connectivity index (χ3v) is 6.80. The first-order chi connectivity index (χ1) is 14.6. The van der Waals surface area contributed by atoms with Crippen molar-refractivity contribution in [1.29, 1.82) is 0 Å². The number of amides is 2. The normalized spacial score (nSPS) is 20.7. The molecule has 3 aliphatic heterocycles. The lowest BCUT2D eigenvalue weighted by molar-refractivity contribution is -0.124. The van der Waals surface area contributed by atoms with Crippen LogP contribution >= 0.6 is 11.8 Å². The summed E-state index contributed by atoms with van der Waals surface area (Å²) >= 11 is 1.58. The Morgan fingerprint density at radius 1 is 1.20 bits per heavy atom. The van der Waals surface area contributed by atoms with Crippen LogP contribution in [0.25, 0.3) is 0 Å². The maximum Gasteiger partial charge on any atom is 0.260 e. The van der Waals surface area contributed by atoms with Crippen LogP contribution in [0.3, 0.4) is 0 Å². The molecule has 3 heterocycles. The number of rotatable bonds is 5. The van der Waals surface area contributed by atoms with Gasteiger partial charge in [0.2, 0.25) is 12.7 Å². The molecule has 2 aromatic rings. The van der Waals surface area contributed by atoms with Crippen LogP contribution < -0.4 is 24.3 Å². The third-order valence-electron chi connectivity index (χ3n) is 5.50. The Kier molecular flexibility index (Phi) is 4.62. The molecule has 2 atom stereocenters. The monoisotopic (exact) mass is 428 g/mol. The number of ether oxygens (including phenoxy) is 4. The minimum absolute atomic E-state index is 0.185. The van der Waals surface area contributed by atoms with Crippen molar-refractivity contribution in [3.8, 4) is 23.0 Å². The lowest BCUT2D eigenvalue weighted by atomic mass is 10.1. The van der Waals surface area contributed by atoms with Gasteiger partial charge in [0.15, 0.2) is 23.0 Å². The van der Waals surface area contributed by atoms with Crippen molar-refractivity contribution < 1.29 is 28.5 Å². The Bertz CT molecular complexity index is 1040. The van der Waals surface area contributed by atoms with Crippen LogP contribution in [-0.2, 0) is 11.3 Å². The number of carbonyl (C=O) groups is 2. The van der Waals surface area contributed by atoms with Gasteiger partial charge in [-0.25, -0.2) is 0 Å². The van der Waals surface area contributed by atoms with Gasteiger partial charge >= 0.3 is 0 Å². The van der Waals surface area contributed by atoms with Gasteiger partial charge in [-0.2, -0.15) is 0 Å². The molecule has 1 unspecified atom stereocenters. The fourth-order valence-electron chi connectivity index (χ4n) is 4.05. The highest BCUT2D eigenvalue weighted by Crippen LogP contribution is 2.52. The van der Waals surface area contributed by atoms with Gasteiger partial charge < -0.3 is 29.2 Å². The second-order valence-corrected chi connectivity index (χ2v) is 8.20. The van der Waals surface area contributed by atoms with E-state index in [-0.39, 0.29) is 24.0 Å². The molecule has 1 saturated heterocycles. The fraction of sp³-hybridized carbons (Fsp3) is 0.333. The number of fused-ring (bicyclic) bond motifs is 4.